The van der Waals surface area contributed by atoms with Gasteiger partial charge in [0, 0.05) is 11.2 Å². The molecule has 0 aromatic heterocycles. The summed E-state index contributed by atoms with van der Waals surface area (Å²) in [6, 6.07) is 5.88. The molecule has 0 radical (unpaired) electrons. The normalized spacial score (nSPS) is 20.8. The third-order valence-electron chi connectivity index (χ3n) is 3.89. The van der Waals surface area contributed by atoms with E-state index in [1.165, 1.54) is 5.56 Å². The van der Waals surface area contributed by atoms with Gasteiger partial charge in [-0.05, 0) is 49.9 Å². The van der Waals surface area contributed by atoms with Crippen molar-refractivity contribution in [3.05, 3.63) is 23.8 Å². The van der Waals surface area contributed by atoms with Gasteiger partial charge in [-0.25, -0.2) is 0 Å². The summed E-state index contributed by atoms with van der Waals surface area (Å²) in [6.07, 6.45) is 0.931. The summed E-state index contributed by atoms with van der Waals surface area (Å²) < 4.78 is 5.26. The average Bonchev–Trinajstić information content (AvgIpc) is 2.33. The highest BCUT2D eigenvalue weighted by atomic mass is 16.5. The molecule has 19 heavy (non-hydrogen) atoms. The van der Waals surface area contributed by atoms with E-state index in [2.05, 4.69) is 20.8 Å². The number of anilines is 1. The Morgan fingerprint density at radius 1 is 1.53 bits per heavy atom. The number of hydrogen-bond acceptors (Lipinski definition) is 3. The van der Waals surface area contributed by atoms with Crippen LogP contribution in [-0.4, -0.2) is 30.3 Å². The molecule has 4 heteroatoms. The third kappa shape index (κ3) is 2.53. The van der Waals surface area contributed by atoms with E-state index in [0.29, 0.717) is 5.92 Å². The quantitative estimate of drug-likeness (QED) is 0.911. The van der Waals surface area contributed by atoms with Gasteiger partial charge in [-0.15, -0.1) is 0 Å². The average molecular weight is 263 g/mol. The van der Waals surface area contributed by atoms with Crippen molar-refractivity contribution in [1.82, 2.24) is 0 Å². The van der Waals surface area contributed by atoms with Crippen LogP contribution in [0.25, 0.3) is 0 Å². The summed E-state index contributed by atoms with van der Waals surface area (Å²) in [5, 5.41) is 9.12. The Bertz CT molecular complexity index is 496. The monoisotopic (exact) mass is 263 g/mol. The molecule has 1 heterocycles. The lowest BCUT2D eigenvalue weighted by Gasteiger charge is -2.46. The van der Waals surface area contributed by atoms with E-state index < -0.39 is 5.97 Å². The van der Waals surface area contributed by atoms with Crippen LogP contribution >= 0.6 is 0 Å². The molecule has 1 aliphatic rings. The highest BCUT2D eigenvalue weighted by Gasteiger charge is 2.37. The molecule has 1 aromatic rings. The number of methoxy groups -OCH3 is 1. The van der Waals surface area contributed by atoms with Gasteiger partial charge < -0.3 is 14.7 Å². The second-order valence-corrected chi connectivity index (χ2v) is 5.82. The van der Waals surface area contributed by atoms with Gasteiger partial charge in [0.2, 0.25) is 0 Å². The number of carbonyl (C=O) groups is 1. The number of carboxylic acid groups (broad SMARTS) is 1. The van der Waals surface area contributed by atoms with Crippen molar-refractivity contribution in [1.29, 1.82) is 0 Å². The zero-order chi connectivity index (χ0) is 14.2. The molecule has 1 N–H and O–H groups in total. The Morgan fingerprint density at radius 3 is 2.79 bits per heavy atom. The van der Waals surface area contributed by atoms with Gasteiger partial charge in [-0.2, -0.15) is 0 Å². The smallest absolute Gasteiger partial charge is 0.323 e. The van der Waals surface area contributed by atoms with Crippen LogP contribution in [-0.2, 0) is 4.79 Å². The highest BCUT2D eigenvalue weighted by molar-refractivity contribution is 5.76. The van der Waals surface area contributed by atoms with E-state index in [4.69, 9.17) is 9.84 Å². The largest absolute Gasteiger partial charge is 0.497 e. The van der Waals surface area contributed by atoms with Crippen LogP contribution < -0.4 is 9.64 Å². The summed E-state index contributed by atoms with van der Waals surface area (Å²) in [4.78, 5) is 13.1. The molecule has 0 spiro atoms. The Morgan fingerprint density at radius 2 is 2.21 bits per heavy atom. The van der Waals surface area contributed by atoms with Crippen LogP contribution in [0.1, 0.15) is 38.7 Å². The number of fused-ring (bicyclic) bond motifs is 1. The number of carboxylic acids is 1. The van der Waals surface area contributed by atoms with Crippen molar-refractivity contribution in [3.63, 3.8) is 0 Å². The lowest BCUT2D eigenvalue weighted by molar-refractivity contribution is -0.135. The molecule has 0 fully saturated rings. The first-order valence-electron chi connectivity index (χ1n) is 6.52. The fraction of sp³-hybridized carbons (Fsp3) is 0.533. The summed E-state index contributed by atoms with van der Waals surface area (Å²) in [7, 11) is 1.65. The maximum atomic E-state index is 11.1. The summed E-state index contributed by atoms with van der Waals surface area (Å²) in [6.45, 7) is 6.40. The lowest BCUT2D eigenvalue weighted by atomic mass is 9.80. The van der Waals surface area contributed by atoms with Gasteiger partial charge in [0.1, 0.15) is 12.3 Å². The first-order chi connectivity index (χ1) is 8.85. The predicted molar refractivity (Wildman–Crippen MR) is 75.1 cm³/mol. The molecular weight excluding hydrogens is 242 g/mol. The van der Waals surface area contributed by atoms with E-state index in [9.17, 15) is 4.79 Å². The SMILES string of the molecule is COc1ccc2c(c1)[C@H](C)CC(C)(C)N2CC(=O)O. The fourth-order valence-electron chi connectivity index (χ4n) is 3.03. The topological polar surface area (TPSA) is 49.8 Å². The van der Waals surface area contributed by atoms with E-state index in [1.54, 1.807) is 7.11 Å². The fourth-order valence-corrected chi connectivity index (χ4v) is 3.03. The standard InChI is InChI=1S/C15H21NO3/c1-10-8-15(2,3)16(9-14(17)18)13-6-5-11(19-4)7-12(10)13/h5-7,10H,8-9H2,1-4H3,(H,17,18)/t10-/m1/s1. The molecule has 4 nitrogen and oxygen atoms in total. The van der Waals surface area contributed by atoms with E-state index >= 15 is 0 Å². The first kappa shape index (κ1) is 13.7. The minimum absolute atomic E-state index is 0.0268. The molecule has 1 aromatic carbocycles. The van der Waals surface area contributed by atoms with Crippen molar-refractivity contribution in [3.8, 4) is 5.75 Å². The predicted octanol–water partition coefficient (Wildman–Crippen LogP) is 2.87. The van der Waals surface area contributed by atoms with E-state index in [1.807, 2.05) is 23.1 Å². The van der Waals surface area contributed by atoms with Crippen LogP contribution in [0, 0.1) is 0 Å². The Kier molecular flexibility index (Phi) is 3.43. The van der Waals surface area contributed by atoms with Gasteiger partial charge in [0.25, 0.3) is 0 Å². The van der Waals surface area contributed by atoms with Gasteiger partial charge in [-0.1, -0.05) is 6.92 Å². The van der Waals surface area contributed by atoms with Crippen LogP contribution in [0.15, 0.2) is 18.2 Å². The Hall–Kier alpha value is -1.71. The molecule has 104 valence electrons. The minimum Gasteiger partial charge on any atom is -0.497 e. The van der Waals surface area contributed by atoms with Gasteiger partial charge in [-0.3, -0.25) is 4.79 Å². The lowest BCUT2D eigenvalue weighted by Crippen LogP contribution is -2.50. The van der Waals surface area contributed by atoms with Crippen LogP contribution in [0.4, 0.5) is 5.69 Å². The summed E-state index contributed by atoms with van der Waals surface area (Å²) >= 11 is 0. The molecule has 1 atom stereocenters. The van der Waals surface area contributed by atoms with Crippen molar-refractivity contribution < 1.29 is 14.6 Å². The molecule has 0 saturated heterocycles. The van der Waals surface area contributed by atoms with E-state index in [0.717, 1.165) is 17.9 Å². The highest BCUT2D eigenvalue weighted by Crippen LogP contribution is 2.44. The second kappa shape index (κ2) is 4.76. The van der Waals surface area contributed by atoms with Gasteiger partial charge in [0.05, 0.1) is 7.11 Å². The summed E-state index contributed by atoms with van der Waals surface area (Å²) in [5.41, 5.74) is 2.02. The molecule has 0 amide bonds. The number of benzene rings is 1. The van der Waals surface area contributed by atoms with Crippen molar-refractivity contribution in [2.24, 2.45) is 0 Å². The number of aliphatic carboxylic acids is 1. The van der Waals surface area contributed by atoms with Gasteiger partial charge in [0.15, 0.2) is 0 Å². The second-order valence-electron chi connectivity index (χ2n) is 5.82. The molecule has 0 aliphatic carbocycles. The number of nitrogens with zero attached hydrogens (tertiary/aromatic N) is 1. The molecule has 1 aliphatic heterocycles. The molecule has 0 saturated carbocycles. The van der Waals surface area contributed by atoms with Crippen LogP contribution in [0.2, 0.25) is 0 Å². The number of hydrogen-bond donors (Lipinski definition) is 1. The third-order valence-corrected chi connectivity index (χ3v) is 3.89. The summed E-state index contributed by atoms with van der Waals surface area (Å²) in [5.74, 6) is 0.412. The van der Waals surface area contributed by atoms with Gasteiger partial charge >= 0.3 is 5.97 Å². The number of ether oxygens (including phenoxy) is 1. The van der Waals surface area contributed by atoms with Crippen LogP contribution in [0.5, 0.6) is 5.75 Å². The first-order valence-corrected chi connectivity index (χ1v) is 6.52. The maximum absolute atomic E-state index is 11.1. The van der Waals surface area contributed by atoms with Crippen molar-refractivity contribution in [2.75, 3.05) is 18.6 Å². The van der Waals surface area contributed by atoms with Crippen molar-refractivity contribution in [2.45, 2.75) is 38.6 Å². The zero-order valence-electron chi connectivity index (χ0n) is 11.9. The molecule has 0 bridgehead atoms. The van der Waals surface area contributed by atoms with Crippen LogP contribution in [0.3, 0.4) is 0 Å². The Labute approximate surface area is 114 Å². The molecule has 0 unspecified atom stereocenters. The zero-order valence-corrected chi connectivity index (χ0v) is 11.9. The molecular formula is C15H21NO3. The number of rotatable bonds is 3. The maximum Gasteiger partial charge on any atom is 0.323 e. The minimum atomic E-state index is -0.801. The van der Waals surface area contributed by atoms with E-state index in [-0.39, 0.29) is 12.1 Å². The van der Waals surface area contributed by atoms with Crippen molar-refractivity contribution >= 4 is 11.7 Å². The Balaban J connectivity index is 2.49. The molecule has 2 rings (SSSR count).